The Labute approximate surface area is 161 Å². The molecule has 0 atom stereocenters. The molecular weight excluding hydrogens is 336 g/mol. The van der Waals surface area contributed by atoms with E-state index in [-0.39, 0.29) is 11.5 Å². The second kappa shape index (κ2) is 7.35. The number of benzene rings is 2. The van der Waals surface area contributed by atoms with Gasteiger partial charge in [0.15, 0.2) is 0 Å². The lowest BCUT2D eigenvalue weighted by Gasteiger charge is -2.16. The predicted molar refractivity (Wildman–Crippen MR) is 106 cm³/mol. The molecule has 0 unspecified atom stereocenters. The standard InChI is InChI=1S/C23H28N2O2/c1-23(2)13-20-12-19(9-10-21(20)27-23)15-24-14-17-5-7-18(8-6-17)16-25-11-3-4-22(25)26/h5-10,12,24H,3-4,11,13-16H2,1-2H3. The van der Waals surface area contributed by atoms with E-state index < -0.39 is 0 Å². The molecule has 1 fully saturated rings. The molecule has 0 aromatic heterocycles. The Morgan fingerprint density at radius 2 is 1.74 bits per heavy atom. The largest absolute Gasteiger partial charge is 0.487 e. The topological polar surface area (TPSA) is 41.6 Å². The summed E-state index contributed by atoms with van der Waals surface area (Å²) in [6, 6.07) is 15.1. The van der Waals surface area contributed by atoms with Gasteiger partial charge in [-0.25, -0.2) is 0 Å². The second-order valence-corrected chi connectivity index (χ2v) is 8.32. The molecule has 2 aliphatic heterocycles. The highest BCUT2D eigenvalue weighted by atomic mass is 16.5. The van der Waals surface area contributed by atoms with Gasteiger partial charge in [0.25, 0.3) is 0 Å². The van der Waals surface area contributed by atoms with E-state index in [9.17, 15) is 4.79 Å². The number of carbonyl (C=O) groups excluding carboxylic acids is 1. The third-order valence-electron chi connectivity index (χ3n) is 5.35. The fraction of sp³-hybridized carbons (Fsp3) is 0.435. The quantitative estimate of drug-likeness (QED) is 0.847. The summed E-state index contributed by atoms with van der Waals surface area (Å²) >= 11 is 0. The van der Waals surface area contributed by atoms with E-state index in [1.165, 1.54) is 22.3 Å². The Kier molecular flexibility index (Phi) is 4.92. The van der Waals surface area contributed by atoms with Crippen molar-refractivity contribution < 1.29 is 9.53 Å². The summed E-state index contributed by atoms with van der Waals surface area (Å²) < 4.78 is 5.94. The molecule has 2 aliphatic rings. The highest BCUT2D eigenvalue weighted by molar-refractivity contribution is 5.78. The molecule has 4 heteroatoms. The first-order valence-electron chi connectivity index (χ1n) is 9.86. The van der Waals surface area contributed by atoms with Crippen LogP contribution in [0.1, 0.15) is 48.9 Å². The summed E-state index contributed by atoms with van der Waals surface area (Å²) in [7, 11) is 0. The molecule has 2 heterocycles. The molecule has 0 spiro atoms. The minimum atomic E-state index is -0.0875. The van der Waals surface area contributed by atoms with E-state index >= 15 is 0 Å². The van der Waals surface area contributed by atoms with Crippen LogP contribution in [0, 0.1) is 0 Å². The zero-order valence-corrected chi connectivity index (χ0v) is 16.3. The Hall–Kier alpha value is -2.33. The number of rotatable bonds is 6. The van der Waals surface area contributed by atoms with Crippen LogP contribution < -0.4 is 10.1 Å². The molecule has 0 bridgehead atoms. The number of nitrogens with zero attached hydrogens (tertiary/aromatic N) is 1. The lowest BCUT2D eigenvalue weighted by atomic mass is 10.0. The summed E-state index contributed by atoms with van der Waals surface area (Å²) in [5, 5.41) is 3.52. The fourth-order valence-electron chi connectivity index (χ4n) is 3.98. The first-order valence-corrected chi connectivity index (χ1v) is 9.86. The first kappa shape index (κ1) is 18.1. The van der Waals surface area contributed by atoms with Crippen LogP contribution >= 0.6 is 0 Å². The molecular formula is C23H28N2O2. The van der Waals surface area contributed by atoms with Gasteiger partial charge in [0.2, 0.25) is 5.91 Å². The molecule has 142 valence electrons. The lowest BCUT2D eigenvalue weighted by molar-refractivity contribution is -0.128. The number of nitrogens with one attached hydrogen (secondary N) is 1. The van der Waals surface area contributed by atoms with Gasteiger partial charge in [-0.2, -0.15) is 0 Å². The van der Waals surface area contributed by atoms with Crippen LogP contribution in [0.5, 0.6) is 5.75 Å². The van der Waals surface area contributed by atoms with Crippen molar-refractivity contribution in [1.29, 1.82) is 0 Å². The number of carbonyl (C=O) groups is 1. The normalized spacial score (nSPS) is 17.9. The number of amides is 1. The van der Waals surface area contributed by atoms with Crippen LogP contribution in [0.2, 0.25) is 0 Å². The highest BCUT2D eigenvalue weighted by Gasteiger charge is 2.29. The molecule has 27 heavy (non-hydrogen) atoms. The van der Waals surface area contributed by atoms with E-state index in [2.05, 4.69) is 61.6 Å². The third-order valence-corrected chi connectivity index (χ3v) is 5.35. The zero-order chi connectivity index (χ0) is 18.9. The molecule has 0 radical (unpaired) electrons. The van der Waals surface area contributed by atoms with E-state index in [1.54, 1.807) is 0 Å². The third kappa shape index (κ3) is 4.33. The molecule has 1 saturated heterocycles. The number of hydrogen-bond acceptors (Lipinski definition) is 3. The molecule has 4 nitrogen and oxygen atoms in total. The summed E-state index contributed by atoms with van der Waals surface area (Å²) in [6.45, 7) is 7.58. The van der Waals surface area contributed by atoms with Crippen molar-refractivity contribution in [2.45, 2.75) is 58.3 Å². The van der Waals surface area contributed by atoms with Gasteiger partial charge >= 0.3 is 0 Å². The number of fused-ring (bicyclic) bond motifs is 1. The van der Waals surface area contributed by atoms with Crippen LogP contribution in [0.4, 0.5) is 0 Å². The van der Waals surface area contributed by atoms with Gasteiger partial charge < -0.3 is 15.0 Å². The summed E-state index contributed by atoms with van der Waals surface area (Å²) in [4.78, 5) is 13.7. The maximum absolute atomic E-state index is 11.7. The number of likely N-dealkylation sites (tertiary alicyclic amines) is 1. The molecule has 0 saturated carbocycles. The monoisotopic (exact) mass is 364 g/mol. The Bertz CT molecular complexity index is 827. The molecule has 1 N–H and O–H groups in total. The van der Waals surface area contributed by atoms with E-state index in [1.807, 2.05) is 4.90 Å². The van der Waals surface area contributed by atoms with Crippen LogP contribution in [0.25, 0.3) is 0 Å². The molecule has 2 aromatic rings. The summed E-state index contributed by atoms with van der Waals surface area (Å²) in [5.74, 6) is 1.31. The van der Waals surface area contributed by atoms with Gasteiger partial charge in [-0.3, -0.25) is 4.79 Å². The highest BCUT2D eigenvalue weighted by Crippen LogP contribution is 2.35. The van der Waals surface area contributed by atoms with Crippen LogP contribution in [-0.4, -0.2) is 23.0 Å². The first-order chi connectivity index (χ1) is 13.0. The van der Waals surface area contributed by atoms with Crippen molar-refractivity contribution in [1.82, 2.24) is 10.2 Å². The number of ether oxygens (including phenoxy) is 1. The average Bonchev–Trinajstić information content (AvgIpc) is 3.17. The smallest absolute Gasteiger partial charge is 0.222 e. The maximum Gasteiger partial charge on any atom is 0.222 e. The Balaban J connectivity index is 1.28. The van der Waals surface area contributed by atoms with Crippen molar-refractivity contribution >= 4 is 5.91 Å². The summed E-state index contributed by atoms with van der Waals surface area (Å²) in [5.41, 5.74) is 4.97. The van der Waals surface area contributed by atoms with Crippen LogP contribution in [-0.2, 0) is 30.8 Å². The van der Waals surface area contributed by atoms with Gasteiger partial charge in [0.1, 0.15) is 11.4 Å². The van der Waals surface area contributed by atoms with E-state index in [0.29, 0.717) is 6.42 Å². The van der Waals surface area contributed by atoms with Gasteiger partial charge in [-0.15, -0.1) is 0 Å². The van der Waals surface area contributed by atoms with Crippen molar-refractivity contribution in [3.63, 3.8) is 0 Å². The van der Waals surface area contributed by atoms with Gasteiger partial charge in [-0.05, 0) is 48.6 Å². The molecule has 0 aliphatic carbocycles. The zero-order valence-electron chi connectivity index (χ0n) is 16.3. The molecule has 4 rings (SSSR count). The van der Waals surface area contributed by atoms with Crippen molar-refractivity contribution in [3.8, 4) is 5.75 Å². The van der Waals surface area contributed by atoms with Crippen molar-refractivity contribution in [2.75, 3.05) is 6.54 Å². The van der Waals surface area contributed by atoms with Crippen molar-refractivity contribution in [3.05, 3.63) is 64.7 Å². The van der Waals surface area contributed by atoms with Crippen LogP contribution in [0.3, 0.4) is 0 Å². The SMILES string of the molecule is CC1(C)Cc2cc(CNCc3ccc(CN4CCCC4=O)cc3)ccc2O1. The minimum absolute atomic E-state index is 0.0875. The van der Waals surface area contributed by atoms with Gasteiger partial charge in [0.05, 0.1) is 0 Å². The average molecular weight is 364 g/mol. The molecule has 1 amide bonds. The fourth-order valence-corrected chi connectivity index (χ4v) is 3.98. The number of hydrogen-bond donors (Lipinski definition) is 1. The Morgan fingerprint density at radius 1 is 1.04 bits per heavy atom. The van der Waals surface area contributed by atoms with E-state index in [0.717, 1.165) is 44.8 Å². The van der Waals surface area contributed by atoms with Crippen LogP contribution in [0.15, 0.2) is 42.5 Å². The maximum atomic E-state index is 11.7. The van der Waals surface area contributed by atoms with Gasteiger partial charge in [-0.1, -0.05) is 36.4 Å². The lowest BCUT2D eigenvalue weighted by Crippen LogP contribution is -2.24. The van der Waals surface area contributed by atoms with Crippen molar-refractivity contribution in [2.24, 2.45) is 0 Å². The molecule has 2 aromatic carbocycles. The minimum Gasteiger partial charge on any atom is -0.487 e. The Morgan fingerprint density at radius 3 is 2.48 bits per heavy atom. The van der Waals surface area contributed by atoms with E-state index in [4.69, 9.17) is 4.74 Å². The predicted octanol–water partition coefficient (Wildman–Crippen LogP) is 3.81. The second-order valence-electron chi connectivity index (χ2n) is 8.32. The summed E-state index contributed by atoms with van der Waals surface area (Å²) in [6.07, 6.45) is 2.67. The van der Waals surface area contributed by atoms with Gasteiger partial charge in [0, 0.05) is 39.0 Å².